The number of benzene rings is 2. The summed E-state index contributed by atoms with van der Waals surface area (Å²) in [5.41, 5.74) is 6.59. The quantitative estimate of drug-likeness (QED) is 0.151. The van der Waals surface area contributed by atoms with Gasteiger partial charge < -0.3 is 10.4 Å². The van der Waals surface area contributed by atoms with Crippen molar-refractivity contribution in [2.45, 2.75) is 31.7 Å². The van der Waals surface area contributed by atoms with E-state index < -0.39 is 5.56 Å². The molecule has 2 aliphatic rings. The Morgan fingerprint density at radius 3 is 2.54 bits per heavy atom. The number of aromatic hydroxyl groups is 1. The number of hydrogen-bond acceptors (Lipinski definition) is 9. The van der Waals surface area contributed by atoms with Gasteiger partial charge in [-0.05, 0) is 60.4 Å². The predicted octanol–water partition coefficient (Wildman–Crippen LogP) is 6.23. The number of thiazole rings is 1. The van der Waals surface area contributed by atoms with Gasteiger partial charge in [-0.15, -0.1) is 16.5 Å². The van der Waals surface area contributed by atoms with Crippen LogP contribution in [0.1, 0.15) is 35.9 Å². The summed E-state index contributed by atoms with van der Waals surface area (Å²) >= 11 is 13.4. The minimum atomic E-state index is -0.390. The maximum absolute atomic E-state index is 13.1. The Balaban J connectivity index is 1.30. The fraction of sp³-hybridized carbons (Fsp3) is 0.185. The van der Waals surface area contributed by atoms with Gasteiger partial charge in [0.15, 0.2) is 11.5 Å². The highest BCUT2D eigenvalue weighted by Crippen LogP contribution is 2.43. The van der Waals surface area contributed by atoms with E-state index in [9.17, 15) is 14.7 Å². The molecule has 2 aromatic carbocycles. The molecule has 0 bridgehead atoms. The maximum Gasteiger partial charge on any atom is 0.294 e. The summed E-state index contributed by atoms with van der Waals surface area (Å²) < 4.78 is 1.75. The summed E-state index contributed by atoms with van der Waals surface area (Å²) in [5, 5.41) is 31.8. The summed E-state index contributed by atoms with van der Waals surface area (Å²) in [5.74, 6) is 0.0769. The molecule has 3 heterocycles. The minimum Gasteiger partial charge on any atom is -0.493 e. The molecule has 4 aromatic rings. The molecular weight excluding hydrogens is 587 g/mol. The number of aromatic amines is 1. The highest BCUT2D eigenvalue weighted by atomic mass is 35.5. The summed E-state index contributed by atoms with van der Waals surface area (Å²) in [6, 6.07) is 13.9. The molecule has 4 N–H and O–H groups in total. The second-order valence-electron chi connectivity index (χ2n) is 9.43. The van der Waals surface area contributed by atoms with Gasteiger partial charge in [0.25, 0.3) is 5.56 Å². The SMILES string of the molecule is O=C(Cc1nc(O)cs1)NN=C1CCC2=C(C1)C(c1ccc(Cl)cc1)n1[nH]c(=O)c(N=Nc3ccc(Cl)cc3)c1N2. The maximum atomic E-state index is 13.1. The Morgan fingerprint density at radius 2 is 1.83 bits per heavy atom. The largest absolute Gasteiger partial charge is 0.493 e. The number of nitrogens with one attached hydrogen (secondary N) is 3. The van der Waals surface area contributed by atoms with Crippen LogP contribution < -0.4 is 16.3 Å². The molecular formula is C27H22Cl2N8O3S. The minimum absolute atomic E-state index is 0.0201. The highest BCUT2D eigenvalue weighted by molar-refractivity contribution is 7.09. The number of hydrogen-bond donors (Lipinski definition) is 4. The van der Waals surface area contributed by atoms with E-state index in [1.165, 1.54) is 16.7 Å². The second-order valence-corrected chi connectivity index (χ2v) is 11.2. The monoisotopic (exact) mass is 608 g/mol. The molecule has 11 nitrogen and oxygen atoms in total. The van der Waals surface area contributed by atoms with Crippen LogP contribution in [0.25, 0.3) is 0 Å². The van der Waals surface area contributed by atoms with Crippen molar-refractivity contribution in [1.29, 1.82) is 0 Å². The summed E-state index contributed by atoms with van der Waals surface area (Å²) in [6.45, 7) is 0. The van der Waals surface area contributed by atoms with Crippen molar-refractivity contribution in [2.75, 3.05) is 5.32 Å². The van der Waals surface area contributed by atoms with Gasteiger partial charge in [-0.25, -0.2) is 10.4 Å². The van der Waals surface area contributed by atoms with Gasteiger partial charge in [-0.3, -0.25) is 19.4 Å². The molecule has 1 unspecified atom stereocenters. The lowest BCUT2D eigenvalue weighted by molar-refractivity contribution is -0.120. The first-order chi connectivity index (χ1) is 19.8. The average Bonchev–Trinajstić information content (AvgIpc) is 3.51. The molecule has 0 fully saturated rings. The zero-order chi connectivity index (χ0) is 28.5. The van der Waals surface area contributed by atoms with Crippen LogP contribution in [-0.4, -0.2) is 31.5 Å². The van der Waals surface area contributed by atoms with E-state index in [0.29, 0.717) is 45.8 Å². The number of rotatable bonds is 6. The van der Waals surface area contributed by atoms with E-state index in [2.05, 4.69) is 36.2 Å². The average molecular weight is 609 g/mol. The van der Waals surface area contributed by atoms with E-state index >= 15 is 0 Å². The van der Waals surface area contributed by atoms with Gasteiger partial charge in [-0.1, -0.05) is 35.3 Å². The lowest BCUT2D eigenvalue weighted by atomic mass is 9.85. The van der Waals surface area contributed by atoms with Crippen molar-refractivity contribution in [2.24, 2.45) is 15.3 Å². The lowest BCUT2D eigenvalue weighted by Gasteiger charge is -2.35. The Labute approximate surface area is 247 Å². The first kappa shape index (κ1) is 26.9. The Kier molecular flexibility index (Phi) is 7.43. The predicted molar refractivity (Wildman–Crippen MR) is 158 cm³/mol. The van der Waals surface area contributed by atoms with Crippen molar-refractivity contribution in [3.05, 3.63) is 96.2 Å². The van der Waals surface area contributed by atoms with Gasteiger partial charge in [0, 0.05) is 27.9 Å². The number of amides is 1. The summed E-state index contributed by atoms with van der Waals surface area (Å²) in [4.78, 5) is 29.4. The molecule has 41 heavy (non-hydrogen) atoms. The van der Waals surface area contributed by atoms with Crippen molar-refractivity contribution in [1.82, 2.24) is 20.2 Å². The van der Waals surface area contributed by atoms with Gasteiger partial charge in [0.05, 0.1) is 17.5 Å². The molecule has 0 radical (unpaired) electrons. The third-order valence-electron chi connectivity index (χ3n) is 6.67. The molecule has 208 valence electrons. The topological polar surface area (TPSA) is 149 Å². The van der Waals surface area contributed by atoms with E-state index in [0.717, 1.165) is 22.5 Å². The number of anilines is 1. The lowest BCUT2D eigenvalue weighted by Crippen LogP contribution is -2.30. The van der Waals surface area contributed by atoms with Crippen LogP contribution >= 0.6 is 34.5 Å². The fourth-order valence-corrected chi connectivity index (χ4v) is 5.71. The van der Waals surface area contributed by atoms with Crippen molar-refractivity contribution in [3.63, 3.8) is 0 Å². The highest BCUT2D eigenvalue weighted by Gasteiger charge is 2.35. The summed E-state index contributed by atoms with van der Waals surface area (Å²) in [7, 11) is 0. The van der Waals surface area contributed by atoms with E-state index in [4.69, 9.17) is 23.2 Å². The number of H-pyrrole nitrogens is 1. The number of hydrazone groups is 1. The standard InChI is InChI=1S/C27H22Cl2N8O3S/c28-15-3-1-14(2-4-15)25-19-11-18(33-34-21(38)12-23-31-22(39)13-41-23)9-10-20(19)30-26-24(27(40)36-37(25)26)35-32-17-7-5-16(29)6-8-17/h1-8,13,25,30,39H,9-12H2,(H,34,38)(H,36,40). The summed E-state index contributed by atoms with van der Waals surface area (Å²) in [6.07, 6.45) is 1.71. The molecule has 2 aromatic heterocycles. The number of carbonyl (C=O) groups is 1. The smallest absolute Gasteiger partial charge is 0.294 e. The first-order valence-electron chi connectivity index (χ1n) is 12.6. The zero-order valence-corrected chi connectivity index (χ0v) is 23.6. The molecule has 1 amide bonds. The van der Waals surface area contributed by atoms with Crippen LogP contribution in [0.5, 0.6) is 5.88 Å². The molecule has 1 atom stereocenters. The van der Waals surface area contributed by atoms with Gasteiger partial charge >= 0.3 is 0 Å². The normalized spacial score (nSPS) is 17.4. The van der Waals surface area contributed by atoms with Crippen LogP contribution in [0, 0.1) is 0 Å². The van der Waals surface area contributed by atoms with Crippen LogP contribution in [0.4, 0.5) is 17.2 Å². The van der Waals surface area contributed by atoms with Crippen LogP contribution in [0.2, 0.25) is 10.0 Å². The molecule has 6 rings (SSSR count). The fourth-order valence-electron chi connectivity index (χ4n) is 4.80. The van der Waals surface area contributed by atoms with Crippen LogP contribution in [0.15, 0.2) is 85.3 Å². The van der Waals surface area contributed by atoms with Gasteiger partial charge in [0.2, 0.25) is 11.8 Å². The third-order valence-corrected chi connectivity index (χ3v) is 8.01. The molecule has 0 saturated heterocycles. The molecule has 1 aliphatic carbocycles. The van der Waals surface area contributed by atoms with Gasteiger partial charge in [0.1, 0.15) is 11.0 Å². The van der Waals surface area contributed by atoms with Crippen LogP contribution in [0.3, 0.4) is 0 Å². The van der Waals surface area contributed by atoms with E-state index in [-0.39, 0.29) is 29.9 Å². The second kappa shape index (κ2) is 11.3. The number of allylic oxidation sites excluding steroid dienone is 2. The van der Waals surface area contributed by atoms with Gasteiger partial charge in [-0.2, -0.15) is 10.2 Å². The molecule has 0 saturated carbocycles. The number of halogens is 2. The van der Waals surface area contributed by atoms with Crippen LogP contribution in [-0.2, 0) is 11.2 Å². The van der Waals surface area contributed by atoms with Crippen molar-refractivity contribution < 1.29 is 9.90 Å². The first-order valence-corrected chi connectivity index (χ1v) is 14.2. The van der Waals surface area contributed by atoms with Crippen molar-refractivity contribution in [3.8, 4) is 5.88 Å². The Hall–Kier alpha value is -4.26. The third kappa shape index (κ3) is 5.80. The number of carbonyl (C=O) groups excluding carboxylic acids is 1. The van der Waals surface area contributed by atoms with E-state index in [1.807, 2.05) is 12.1 Å². The number of fused-ring (bicyclic) bond motifs is 1. The zero-order valence-electron chi connectivity index (χ0n) is 21.3. The molecule has 14 heteroatoms. The van der Waals surface area contributed by atoms with Crippen molar-refractivity contribution >= 4 is 63.4 Å². The number of nitrogens with zero attached hydrogens (tertiary/aromatic N) is 5. The Morgan fingerprint density at radius 1 is 1.10 bits per heavy atom. The Bertz CT molecular complexity index is 1770. The van der Waals surface area contributed by atoms with E-state index in [1.54, 1.807) is 41.1 Å². The number of aromatic nitrogens is 3. The number of azo groups is 1. The molecule has 1 aliphatic heterocycles. The molecule has 0 spiro atoms.